The topological polar surface area (TPSA) is 66.4 Å². The number of carboxylic acid groups (broad SMARTS) is 1. The van der Waals surface area contributed by atoms with Crippen LogP contribution in [0.15, 0.2) is 18.2 Å². The number of hydrogen-bond donors (Lipinski definition) is 2. The van der Waals surface area contributed by atoms with Crippen LogP contribution in [0.25, 0.3) is 0 Å². The van der Waals surface area contributed by atoms with Gasteiger partial charge in [0, 0.05) is 12.1 Å². The molecule has 1 rings (SSSR count). The number of carbonyl (C=O) groups excluding carboxylic acids is 1. The Kier molecular flexibility index (Phi) is 5.10. The molecule has 0 aliphatic heterocycles. The maximum absolute atomic E-state index is 12.0. The third-order valence-electron chi connectivity index (χ3n) is 3.37. The number of rotatable bonds is 5. The molecule has 0 aliphatic rings. The van der Waals surface area contributed by atoms with Gasteiger partial charge in [-0.2, -0.15) is 0 Å². The van der Waals surface area contributed by atoms with Crippen LogP contribution in [0, 0.1) is 25.7 Å². The van der Waals surface area contributed by atoms with E-state index in [-0.39, 0.29) is 18.4 Å². The highest BCUT2D eigenvalue weighted by atomic mass is 16.4. The fourth-order valence-corrected chi connectivity index (χ4v) is 1.80. The van der Waals surface area contributed by atoms with Crippen LogP contribution in [0.1, 0.15) is 35.3 Å². The summed E-state index contributed by atoms with van der Waals surface area (Å²) in [5, 5.41) is 11.7. The van der Waals surface area contributed by atoms with Gasteiger partial charge in [-0.1, -0.05) is 19.9 Å². The van der Waals surface area contributed by atoms with Crippen molar-refractivity contribution >= 4 is 11.9 Å². The number of aryl methyl sites for hydroxylation is 2. The summed E-state index contributed by atoms with van der Waals surface area (Å²) < 4.78 is 0. The van der Waals surface area contributed by atoms with Gasteiger partial charge in [-0.15, -0.1) is 0 Å². The summed E-state index contributed by atoms with van der Waals surface area (Å²) in [6.45, 7) is 7.75. The minimum absolute atomic E-state index is 0.0162. The van der Waals surface area contributed by atoms with Gasteiger partial charge >= 0.3 is 5.97 Å². The SMILES string of the molecule is Cc1ccc(C(=O)NCC(C(=O)O)C(C)C)cc1C. The summed E-state index contributed by atoms with van der Waals surface area (Å²) in [4.78, 5) is 23.0. The Bertz CT molecular complexity index is 480. The molecule has 0 spiro atoms. The molecule has 1 amide bonds. The zero-order valence-electron chi connectivity index (χ0n) is 11.9. The highest BCUT2D eigenvalue weighted by Crippen LogP contribution is 2.12. The molecule has 4 nitrogen and oxygen atoms in total. The monoisotopic (exact) mass is 263 g/mol. The molecule has 104 valence electrons. The first-order chi connectivity index (χ1) is 8.82. The van der Waals surface area contributed by atoms with Crippen LogP contribution in [0.5, 0.6) is 0 Å². The molecule has 0 bridgehead atoms. The minimum atomic E-state index is -0.879. The third kappa shape index (κ3) is 4.09. The Labute approximate surface area is 113 Å². The lowest BCUT2D eigenvalue weighted by Crippen LogP contribution is -2.35. The third-order valence-corrected chi connectivity index (χ3v) is 3.37. The van der Waals surface area contributed by atoms with Crippen molar-refractivity contribution in [2.75, 3.05) is 6.54 Å². The molecule has 4 heteroatoms. The standard InChI is InChI=1S/C15H21NO3/c1-9(2)13(15(18)19)8-16-14(17)12-6-5-10(3)11(4)7-12/h5-7,9,13H,8H2,1-4H3,(H,16,17)(H,18,19). The van der Waals surface area contributed by atoms with Crippen molar-refractivity contribution in [2.45, 2.75) is 27.7 Å². The Morgan fingerprint density at radius 1 is 1.21 bits per heavy atom. The molecule has 1 unspecified atom stereocenters. The molecule has 0 heterocycles. The molecule has 1 aromatic rings. The van der Waals surface area contributed by atoms with Crippen molar-refractivity contribution < 1.29 is 14.7 Å². The number of amides is 1. The van der Waals surface area contributed by atoms with Crippen LogP contribution in [-0.4, -0.2) is 23.5 Å². The summed E-state index contributed by atoms with van der Waals surface area (Å²) in [6.07, 6.45) is 0. The summed E-state index contributed by atoms with van der Waals surface area (Å²) in [5.74, 6) is -1.68. The van der Waals surface area contributed by atoms with Crippen molar-refractivity contribution in [3.05, 3.63) is 34.9 Å². The van der Waals surface area contributed by atoms with Gasteiger partial charge in [0.25, 0.3) is 5.91 Å². The van der Waals surface area contributed by atoms with Gasteiger partial charge in [0.15, 0.2) is 0 Å². The first-order valence-corrected chi connectivity index (χ1v) is 6.41. The molecule has 1 aromatic carbocycles. The summed E-state index contributed by atoms with van der Waals surface area (Å²) in [5.41, 5.74) is 2.74. The molecule has 0 aromatic heterocycles. The number of aliphatic carboxylic acids is 1. The summed E-state index contributed by atoms with van der Waals surface area (Å²) >= 11 is 0. The molecule has 0 radical (unpaired) electrons. The Morgan fingerprint density at radius 2 is 1.84 bits per heavy atom. The number of carbonyl (C=O) groups is 2. The number of benzene rings is 1. The van der Waals surface area contributed by atoms with Gasteiger partial charge in [-0.25, -0.2) is 0 Å². The van der Waals surface area contributed by atoms with Crippen LogP contribution in [0.4, 0.5) is 0 Å². The first kappa shape index (κ1) is 15.2. The van der Waals surface area contributed by atoms with Crippen LogP contribution in [-0.2, 0) is 4.79 Å². The number of carboxylic acids is 1. The largest absolute Gasteiger partial charge is 0.481 e. The normalized spacial score (nSPS) is 12.3. The first-order valence-electron chi connectivity index (χ1n) is 6.41. The average Bonchev–Trinajstić information content (AvgIpc) is 2.31. The minimum Gasteiger partial charge on any atom is -0.481 e. The van der Waals surface area contributed by atoms with E-state index in [0.717, 1.165) is 11.1 Å². The zero-order valence-corrected chi connectivity index (χ0v) is 11.9. The van der Waals surface area contributed by atoms with Gasteiger partial charge in [0.1, 0.15) is 0 Å². The Hall–Kier alpha value is -1.84. The summed E-state index contributed by atoms with van der Waals surface area (Å²) in [7, 11) is 0. The van der Waals surface area contributed by atoms with Crippen LogP contribution < -0.4 is 5.32 Å². The van der Waals surface area contributed by atoms with E-state index in [9.17, 15) is 9.59 Å². The lowest BCUT2D eigenvalue weighted by molar-refractivity contribution is -0.142. The maximum Gasteiger partial charge on any atom is 0.308 e. The Morgan fingerprint density at radius 3 is 2.32 bits per heavy atom. The van der Waals surface area contributed by atoms with Crippen LogP contribution in [0.3, 0.4) is 0 Å². The highest BCUT2D eigenvalue weighted by Gasteiger charge is 2.22. The molecule has 0 saturated heterocycles. The van der Waals surface area contributed by atoms with Crippen molar-refractivity contribution in [3.63, 3.8) is 0 Å². The average molecular weight is 263 g/mol. The maximum atomic E-state index is 12.0. The van der Waals surface area contributed by atoms with E-state index >= 15 is 0 Å². The highest BCUT2D eigenvalue weighted by molar-refractivity contribution is 5.94. The summed E-state index contributed by atoms with van der Waals surface area (Å²) in [6, 6.07) is 5.46. The second-order valence-electron chi connectivity index (χ2n) is 5.20. The molecular weight excluding hydrogens is 242 g/mol. The van der Waals surface area contributed by atoms with E-state index in [4.69, 9.17) is 5.11 Å². The number of nitrogens with one attached hydrogen (secondary N) is 1. The van der Waals surface area contributed by atoms with Gasteiger partial charge in [-0.05, 0) is 43.0 Å². The van der Waals surface area contributed by atoms with E-state index in [1.54, 1.807) is 6.07 Å². The van der Waals surface area contributed by atoms with Gasteiger partial charge in [0.05, 0.1) is 5.92 Å². The molecule has 1 atom stereocenters. The second-order valence-corrected chi connectivity index (χ2v) is 5.20. The Balaban J connectivity index is 2.69. The zero-order chi connectivity index (χ0) is 14.6. The van der Waals surface area contributed by atoms with E-state index in [1.807, 2.05) is 39.8 Å². The van der Waals surface area contributed by atoms with Crippen molar-refractivity contribution in [1.82, 2.24) is 5.32 Å². The van der Waals surface area contributed by atoms with Crippen molar-refractivity contribution in [3.8, 4) is 0 Å². The predicted molar refractivity (Wildman–Crippen MR) is 74.2 cm³/mol. The van der Waals surface area contributed by atoms with E-state index < -0.39 is 11.9 Å². The quantitative estimate of drug-likeness (QED) is 0.857. The van der Waals surface area contributed by atoms with E-state index in [1.165, 1.54) is 0 Å². The van der Waals surface area contributed by atoms with Crippen molar-refractivity contribution in [2.24, 2.45) is 11.8 Å². The van der Waals surface area contributed by atoms with Gasteiger partial charge in [-0.3, -0.25) is 9.59 Å². The molecule has 0 aliphatic carbocycles. The van der Waals surface area contributed by atoms with Gasteiger partial charge in [0.2, 0.25) is 0 Å². The molecule has 0 saturated carbocycles. The van der Waals surface area contributed by atoms with Crippen LogP contribution >= 0.6 is 0 Å². The second kappa shape index (κ2) is 6.36. The molecule has 2 N–H and O–H groups in total. The molecule has 0 fully saturated rings. The lowest BCUT2D eigenvalue weighted by atomic mass is 9.96. The smallest absolute Gasteiger partial charge is 0.308 e. The van der Waals surface area contributed by atoms with Crippen molar-refractivity contribution in [1.29, 1.82) is 0 Å². The lowest BCUT2D eigenvalue weighted by Gasteiger charge is -2.16. The fraction of sp³-hybridized carbons (Fsp3) is 0.467. The number of hydrogen-bond acceptors (Lipinski definition) is 2. The predicted octanol–water partition coefficient (Wildman–Crippen LogP) is 2.39. The van der Waals surface area contributed by atoms with Crippen LogP contribution in [0.2, 0.25) is 0 Å². The molecular formula is C15H21NO3. The van der Waals surface area contributed by atoms with E-state index in [2.05, 4.69) is 5.32 Å². The fourth-order valence-electron chi connectivity index (χ4n) is 1.80. The molecule has 19 heavy (non-hydrogen) atoms. The van der Waals surface area contributed by atoms with E-state index in [0.29, 0.717) is 5.56 Å². The van der Waals surface area contributed by atoms with Gasteiger partial charge < -0.3 is 10.4 Å².